The van der Waals surface area contributed by atoms with Crippen molar-refractivity contribution in [2.75, 3.05) is 11.4 Å². The first-order chi connectivity index (χ1) is 8.32. The van der Waals surface area contributed by atoms with Crippen LogP contribution in [0.15, 0.2) is 22.7 Å². The van der Waals surface area contributed by atoms with E-state index in [1.165, 1.54) is 5.69 Å². The fourth-order valence-electron chi connectivity index (χ4n) is 2.07. The number of anilines is 1. The van der Waals surface area contributed by atoms with Crippen LogP contribution < -0.4 is 10.6 Å². The maximum Gasteiger partial charge on any atom is 0.0380 e. The molecule has 0 fully saturated rings. The van der Waals surface area contributed by atoms with Crippen LogP contribution in [0.25, 0.3) is 0 Å². The van der Waals surface area contributed by atoms with Gasteiger partial charge in [0.25, 0.3) is 0 Å². The Kier molecular flexibility index (Phi) is 5.67. The lowest BCUT2D eigenvalue weighted by molar-refractivity contribution is 0.571. The zero-order valence-electron chi connectivity index (χ0n) is 12.1. The summed E-state index contributed by atoms with van der Waals surface area (Å²) in [6, 6.07) is 7.04. The molecular formula is C15H25BrN2. The molecule has 0 unspecified atom stereocenters. The van der Waals surface area contributed by atoms with Crippen LogP contribution in [-0.2, 0) is 0 Å². The van der Waals surface area contributed by atoms with Crippen molar-refractivity contribution < 1.29 is 0 Å². The van der Waals surface area contributed by atoms with Crippen molar-refractivity contribution in [2.45, 2.75) is 46.7 Å². The fraction of sp³-hybridized carbons (Fsp3) is 0.600. The third kappa shape index (κ3) is 3.99. The summed E-state index contributed by atoms with van der Waals surface area (Å²) in [6.07, 6.45) is 0. The Morgan fingerprint density at radius 3 is 2.17 bits per heavy atom. The average molecular weight is 313 g/mol. The van der Waals surface area contributed by atoms with E-state index in [2.05, 4.69) is 66.7 Å². The van der Waals surface area contributed by atoms with Crippen molar-refractivity contribution in [1.82, 2.24) is 0 Å². The Balaban J connectivity index is 3.03. The Morgan fingerprint density at radius 1 is 1.17 bits per heavy atom. The van der Waals surface area contributed by atoms with E-state index in [-0.39, 0.29) is 6.04 Å². The van der Waals surface area contributed by atoms with Crippen molar-refractivity contribution in [1.29, 1.82) is 0 Å². The minimum absolute atomic E-state index is 0.0611. The molecule has 0 aromatic heterocycles. The van der Waals surface area contributed by atoms with E-state index in [0.717, 1.165) is 16.6 Å². The van der Waals surface area contributed by atoms with E-state index in [0.29, 0.717) is 12.0 Å². The lowest BCUT2D eigenvalue weighted by atomic mass is 10.1. The van der Waals surface area contributed by atoms with Gasteiger partial charge < -0.3 is 10.6 Å². The molecule has 2 nitrogen and oxygen atoms in total. The van der Waals surface area contributed by atoms with Crippen LogP contribution >= 0.6 is 15.9 Å². The highest BCUT2D eigenvalue weighted by Crippen LogP contribution is 2.28. The minimum Gasteiger partial charge on any atom is -0.369 e. The average Bonchev–Trinajstić information content (AvgIpc) is 2.24. The Labute approximate surface area is 120 Å². The molecule has 0 aliphatic carbocycles. The summed E-state index contributed by atoms with van der Waals surface area (Å²) in [7, 11) is 0. The normalized spacial score (nSPS) is 13.2. The molecule has 1 atom stereocenters. The second-order valence-electron chi connectivity index (χ2n) is 5.63. The minimum atomic E-state index is 0.0611. The third-order valence-corrected chi connectivity index (χ3v) is 3.68. The highest BCUT2D eigenvalue weighted by Gasteiger charge is 2.14. The summed E-state index contributed by atoms with van der Waals surface area (Å²) in [6.45, 7) is 12.0. The smallest absolute Gasteiger partial charge is 0.0380 e. The van der Waals surface area contributed by atoms with Crippen LogP contribution in [-0.4, -0.2) is 12.6 Å². The van der Waals surface area contributed by atoms with E-state index in [1.807, 2.05) is 6.92 Å². The molecule has 1 rings (SSSR count). The summed E-state index contributed by atoms with van der Waals surface area (Å²) in [4.78, 5) is 2.43. The van der Waals surface area contributed by atoms with Gasteiger partial charge in [-0.15, -0.1) is 0 Å². The predicted octanol–water partition coefficient (Wildman–Crippen LogP) is 4.34. The van der Waals surface area contributed by atoms with Gasteiger partial charge in [0.05, 0.1) is 0 Å². The molecule has 0 heterocycles. The summed E-state index contributed by atoms with van der Waals surface area (Å²) in [5.41, 5.74) is 8.36. The van der Waals surface area contributed by atoms with Crippen LogP contribution in [0.2, 0.25) is 0 Å². The molecule has 0 aliphatic heterocycles. The molecular weight excluding hydrogens is 288 g/mol. The van der Waals surface area contributed by atoms with E-state index in [1.54, 1.807) is 0 Å². The molecule has 0 radical (unpaired) electrons. The molecule has 0 aliphatic rings. The molecule has 18 heavy (non-hydrogen) atoms. The second-order valence-corrected chi connectivity index (χ2v) is 6.49. The third-order valence-electron chi connectivity index (χ3n) is 2.99. The van der Waals surface area contributed by atoms with Gasteiger partial charge in [-0.05, 0) is 44.4 Å². The van der Waals surface area contributed by atoms with Crippen molar-refractivity contribution >= 4 is 21.6 Å². The maximum absolute atomic E-state index is 5.94. The lowest BCUT2D eigenvalue weighted by Gasteiger charge is -2.31. The van der Waals surface area contributed by atoms with Gasteiger partial charge in [-0.1, -0.05) is 35.8 Å². The number of benzene rings is 1. The van der Waals surface area contributed by atoms with Gasteiger partial charge >= 0.3 is 0 Å². The van der Waals surface area contributed by atoms with Crippen LogP contribution in [0.5, 0.6) is 0 Å². The highest BCUT2D eigenvalue weighted by molar-refractivity contribution is 9.10. The molecule has 3 heteroatoms. The summed E-state index contributed by atoms with van der Waals surface area (Å²) >= 11 is 3.62. The molecule has 1 aromatic rings. The Hall–Kier alpha value is -0.540. The summed E-state index contributed by atoms with van der Waals surface area (Å²) < 4.78 is 1.10. The largest absolute Gasteiger partial charge is 0.369 e. The van der Waals surface area contributed by atoms with Gasteiger partial charge in [0.15, 0.2) is 0 Å². The SMILES string of the molecule is CC(C)CN(c1ccc([C@H](C)N)c(Br)c1)C(C)C. The molecule has 2 N–H and O–H groups in total. The van der Waals surface area contributed by atoms with E-state index in [4.69, 9.17) is 5.73 Å². The molecule has 0 saturated carbocycles. The first-order valence-corrected chi connectivity index (χ1v) is 7.44. The van der Waals surface area contributed by atoms with Gasteiger partial charge in [0.1, 0.15) is 0 Å². The fourth-order valence-corrected chi connectivity index (χ4v) is 2.80. The topological polar surface area (TPSA) is 29.3 Å². The number of rotatable bonds is 5. The highest BCUT2D eigenvalue weighted by atomic mass is 79.9. The van der Waals surface area contributed by atoms with Gasteiger partial charge in [-0.25, -0.2) is 0 Å². The second kappa shape index (κ2) is 6.58. The Morgan fingerprint density at radius 2 is 1.78 bits per heavy atom. The van der Waals surface area contributed by atoms with Crippen molar-refractivity contribution in [3.63, 3.8) is 0 Å². The molecule has 0 spiro atoms. The molecule has 0 saturated heterocycles. The number of nitrogens with two attached hydrogens (primary N) is 1. The molecule has 0 bridgehead atoms. The van der Waals surface area contributed by atoms with E-state index >= 15 is 0 Å². The van der Waals surface area contributed by atoms with Crippen molar-refractivity contribution in [3.05, 3.63) is 28.2 Å². The zero-order valence-corrected chi connectivity index (χ0v) is 13.7. The molecule has 102 valence electrons. The molecule has 1 aromatic carbocycles. The Bertz CT molecular complexity index is 386. The zero-order chi connectivity index (χ0) is 13.9. The van der Waals surface area contributed by atoms with Crippen molar-refractivity contribution in [3.8, 4) is 0 Å². The standard InChI is InChI=1S/C15H25BrN2/c1-10(2)9-18(11(3)4)13-6-7-14(12(5)17)15(16)8-13/h6-8,10-12H,9,17H2,1-5H3/t12-/m0/s1. The number of halogens is 1. The van der Waals surface area contributed by atoms with E-state index in [9.17, 15) is 0 Å². The van der Waals surface area contributed by atoms with Crippen LogP contribution in [0, 0.1) is 5.92 Å². The van der Waals surface area contributed by atoms with Gasteiger partial charge in [-0.3, -0.25) is 0 Å². The monoisotopic (exact) mass is 312 g/mol. The molecule has 0 amide bonds. The lowest BCUT2D eigenvalue weighted by Crippen LogP contribution is -2.34. The van der Waals surface area contributed by atoms with E-state index < -0.39 is 0 Å². The first kappa shape index (κ1) is 15.5. The van der Waals surface area contributed by atoms with Crippen molar-refractivity contribution in [2.24, 2.45) is 11.7 Å². The summed E-state index contributed by atoms with van der Waals surface area (Å²) in [5, 5.41) is 0. The van der Waals surface area contributed by atoms with Gasteiger partial charge in [-0.2, -0.15) is 0 Å². The number of nitrogens with zero attached hydrogens (tertiary/aromatic N) is 1. The number of hydrogen-bond acceptors (Lipinski definition) is 2. The quantitative estimate of drug-likeness (QED) is 0.876. The van der Waals surface area contributed by atoms with Crippen LogP contribution in [0.3, 0.4) is 0 Å². The number of hydrogen-bond donors (Lipinski definition) is 1. The van der Waals surface area contributed by atoms with Crippen LogP contribution in [0.4, 0.5) is 5.69 Å². The predicted molar refractivity (Wildman–Crippen MR) is 84.1 cm³/mol. The maximum atomic E-state index is 5.94. The summed E-state index contributed by atoms with van der Waals surface area (Å²) in [5.74, 6) is 0.652. The first-order valence-electron chi connectivity index (χ1n) is 6.64. The van der Waals surface area contributed by atoms with Gasteiger partial charge in [0, 0.05) is 28.8 Å². The van der Waals surface area contributed by atoms with Crippen LogP contribution in [0.1, 0.15) is 46.2 Å². The van der Waals surface area contributed by atoms with Gasteiger partial charge in [0.2, 0.25) is 0 Å².